The minimum absolute atomic E-state index is 0.0291. The predicted molar refractivity (Wildman–Crippen MR) is 86.5 cm³/mol. The number of piperazine rings is 1. The Morgan fingerprint density at radius 1 is 1.18 bits per heavy atom. The van der Waals surface area contributed by atoms with Crippen molar-refractivity contribution in [1.29, 1.82) is 0 Å². The number of carbonyl (C=O) groups excluding carboxylic acids is 2. The van der Waals surface area contributed by atoms with Gasteiger partial charge in [0.25, 0.3) is 5.91 Å². The number of carbonyl (C=O) groups is 2. The topological polar surface area (TPSA) is 53.9 Å². The van der Waals surface area contributed by atoms with Crippen LogP contribution < -0.4 is 10.2 Å². The number of rotatable bonds is 3. The van der Waals surface area contributed by atoms with E-state index in [9.17, 15) is 9.59 Å². The van der Waals surface area contributed by atoms with Crippen molar-refractivity contribution in [2.24, 2.45) is 11.8 Å². The van der Waals surface area contributed by atoms with Crippen LogP contribution >= 0.6 is 0 Å². The normalized spacial score (nSPS) is 31.6. The SMILES string of the molecule is CC(=O)N1CC[NH+]([C@H](C)C(=O)N[C@@H]2CCC[C@H](C)[C@H]2C)CC1. The molecule has 2 rings (SSSR count). The maximum atomic E-state index is 12.6. The van der Waals surface area contributed by atoms with Gasteiger partial charge in [-0.25, -0.2) is 0 Å². The van der Waals surface area contributed by atoms with Crippen LogP contribution in [0.15, 0.2) is 0 Å². The van der Waals surface area contributed by atoms with Crippen LogP contribution in [0.5, 0.6) is 0 Å². The third kappa shape index (κ3) is 4.00. The predicted octanol–water partition coefficient (Wildman–Crippen LogP) is 0.0628. The van der Waals surface area contributed by atoms with E-state index in [0.29, 0.717) is 17.9 Å². The summed E-state index contributed by atoms with van der Waals surface area (Å²) in [5.41, 5.74) is 0. The monoisotopic (exact) mass is 310 g/mol. The lowest BCUT2D eigenvalue weighted by Gasteiger charge is -2.37. The van der Waals surface area contributed by atoms with Gasteiger partial charge in [-0.15, -0.1) is 0 Å². The van der Waals surface area contributed by atoms with Crippen molar-refractivity contribution in [3.05, 3.63) is 0 Å². The van der Waals surface area contributed by atoms with Gasteiger partial charge >= 0.3 is 0 Å². The van der Waals surface area contributed by atoms with E-state index in [-0.39, 0.29) is 17.9 Å². The minimum atomic E-state index is -0.0291. The van der Waals surface area contributed by atoms with Gasteiger partial charge in [0.2, 0.25) is 5.91 Å². The van der Waals surface area contributed by atoms with Crippen molar-refractivity contribution < 1.29 is 14.5 Å². The molecule has 0 spiro atoms. The fourth-order valence-electron chi connectivity index (χ4n) is 3.82. The zero-order valence-electron chi connectivity index (χ0n) is 14.5. The number of hydrogen-bond donors (Lipinski definition) is 2. The molecule has 1 heterocycles. The Balaban J connectivity index is 1.83. The van der Waals surface area contributed by atoms with Gasteiger partial charge in [0.15, 0.2) is 6.04 Å². The average molecular weight is 310 g/mol. The first kappa shape index (κ1) is 17.3. The summed E-state index contributed by atoms with van der Waals surface area (Å²) in [5, 5.41) is 3.29. The molecule has 0 unspecified atom stereocenters. The van der Waals surface area contributed by atoms with Crippen LogP contribution in [0.25, 0.3) is 0 Å². The molecular formula is C17H32N3O2+. The Labute approximate surface area is 134 Å². The van der Waals surface area contributed by atoms with Crippen molar-refractivity contribution in [2.75, 3.05) is 26.2 Å². The Morgan fingerprint density at radius 2 is 1.82 bits per heavy atom. The third-order valence-corrected chi connectivity index (χ3v) is 5.89. The van der Waals surface area contributed by atoms with Crippen molar-refractivity contribution in [3.8, 4) is 0 Å². The average Bonchev–Trinajstić information content (AvgIpc) is 2.51. The molecule has 2 aliphatic rings. The zero-order chi connectivity index (χ0) is 16.3. The van der Waals surface area contributed by atoms with E-state index in [2.05, 4.69) is 19.2 Å². The molecule has 1 aliphatic carbocycles. The van der Waals surface area contributed by atoms with Crippen LogP contribution in [-0.4, -0.2) is 55.0 Å². The number of nitrogens with zero attached hydrogens (tertiary/aromatic N) is 1. The van der Waals surface area contributed by atoms with E-state index >= 15 is 0 Å². The summed E-state index contributed by atoms with van der Waals surface area (Å²) in [5.74, 6) is 1.58. The Hall–Kier alpha value is -1.10. The summed E-state index contributed by atoms with van der Waals surface area (Å²) < 4.78 is 0. The van der Waals surface area contributed by atoms with Crippen LogP contribution in [0.3, 0.4) is 0 Å². The molecule has 0 aromatic carbocycles. The van der Waals surface area contributed by atoms with Gasteiger partial charge in [-0.05, 0) is 25.2 Å². The van der Waals surface area contributed by atoms with E-state index in [0.717, 1.165) is 32.6 Å². The van der Waals surface area contributed by atoms with E-state index in [4.69, 9.17) is 0 Å². The van der Waals surface area contributed by atoms with Gasteiger partial charge < -0.3 is 15.1 Å². The Bertz CT molecular complexity index is 405. The standard InChI is InChI=1S/C17H31N3O2/c1-12-6-5-7-16(13(12)2)18-17(22)14(3)19-8-10-20(11-9-19)15(4)21/h12-14,16H,5-11H2,1-4H3,(H,18,22)/p+1/t12-,13+,14+,16+/m0/s1. The lowest BCUT2D eigenvalue weighted by Crippen LogP contribution is -3.19. The maximum Gasteiger partial charge on any atom is 0.278 e. The lowest BCUT2D eigenvalue weighted by atomic mass is 9.78. The second-order valence-electron chi connectivity index (χ2n) is 7.27. The molecule has 0 bridgehead atoms. The molecule has 0 radical (unpaired) electrons. The highest BCUT2D eigenvalue weighted by molar-refractivity contribution is 5.80. The highest BCUT2D eigenvalue weighted by Gasteiger charge is 2.33. The van der Waals surface area contributed by atoms with Crippen molar-refractivity contribution in [3.63, 3.8) is 0 Å². The second kappa shape index (κ2) is 7.44. The highest BCUT2D eigenvalue weighted by atomic mass is 16.2. The van der Waals surface area contributed by atoms with Gasteiger partial charge in [0, 0.05) is 13.0 Å². The fourth-order valence-corrected chi connectivity index (χ4v) is 3.82. The van der Waals surface area contributed by atoms with E-state index < -0.39 is 0 Å². The summed E-state index contributed by atoms with van der Waals surface area (Å²) in [6.07, 6.45) is 3.60. The zero-order valence-corrected chi connectivity index (χ0v) is 14.5. The van der Waals surface area contributed by atoms with Gasteiger partial charge in [-0.2, -0.15) is 0 Å². The third-order valence-electron chi connectivity index (χ3n) is 5.89. The first-order valence-electron chi connectivity index (χ1n) is 8.80. The fraction of sp³-hybridized carbons (Fsp3) is 0.882. The van der Waals surface area contributed by atoms with Crippen LogP contribution in [0.4, 0.5) is 0 Å². The van der Waals surface area contributed by atoms with Crippen molar-refractivity contribution in [2.45, 2.75) is 59.0 Å². The quantitative estimate of drug-likeness (QED) is 0.775. The first-order chi connectivity index (χ1) is 10.4. The molecule has 2 N–H and O–H groups in total. The summed E-state index contributed by atoms with van der Waals surface area (Å²) in [7, 11) is 0. The number of hydrogen-bond acceptors (Lipinski definition) is 2. The summed E-state index contributed by atoms with van der Waals surface area (Å²) in [4.78, 5) is 27.1. The smallest absolute Gasteiger partial charge is 0.278 e. The van der Waals surface area contributed by atoms with Crippen molar-refractivity contribution >= 4 is 11.8 Å². The van der Waals surface area contributed by atoms with Crippen LogP contribution in [-0.2, 0) is 9.59 Å². The maximum absolute atomic E-state index is 12.6. The van der Waals surface area contributed by atoms with Gasteiger partial charge in [-0.3, -0.25) is 9.59 Å². The molecule has 0 aromatic rings. The molecule has 4 atom stereocenters. The highest BCUT2D eigenvalue weighted by Crippen LogP contribution is 2.29. The number of quaternary nitrogens is 1. The molecule has 5 heteroatoms. The molecule has 22 heavy (non-hydrogen) atoms. The van der Waals surface area contributed by atoms with Crippen LogP contribution in [0, 0.1) is 11.8 Å². The summed E-state index contributed by atoms with van der Waals surface area (Å²) in [6, 6.07) is 0.301. The Morgan fingerprint density at radius 3 is 2.41 bits per heavy atom. The van der Waals surface area contributed by atoms with E-state index in [1.807, 2.05) is 11.8 Å². The lowest BCUT2D eigenvalue weighted by molar-refractivity contribution is -0.918. The molecule has 5 nitrogen and oxygen atoms in total. The van der Waals surface area contributed by atoms with Crippen LogP contribution in [0.1, 0.15) is 47.0 Å². The molecule has 1 saturated carbocycles. The first-order valence-corrected chi connectivity index (χ1v) is 8.80. The molecule has 1 aliphatic heterocycles. The van der Waals surface area contributed by atoms with Gasteiger partial charge in [0.05, 0.1) is 26.2 Å². The van der Waals surface area contributed by atoms with Gasteiger partial charge in [-0.1, -0.05) is 26.7 Å². The minimum Gasteiger partial charge on any atom is -0.348 e. The van der Waals surface area contributed by atoms with E-state index in [1.165, 1.54) is 17.7 Å². The second-order valence-corrected chi connectivity index (χ2v) is 7.27. The summed E-state index contributed by atoms with van der Waals surface area (Å²) >= 11 is 0. The molecule has 2 fully saturated rings. The van der Waals surface area contributed by atoms with Crippen LogP contribution in [0.2, 0.25) is 0 Å². The number of nitrogens with one attached hydrogen (secondary N) is 2. The van der Waals surface area contributed by atoms with E-state index in [1.54, 1.807) is 6.92 Å². The summed E-state index contributed by atoms with van der Waals surface area (Å²) in [6.45, 7) is 11.4. The van der Waals surface area contributed by atoms with Gasteiger partial charge in [0.1, 0.15) is 0 Å². The molecule has 2 amide bonds. The number of amides is 2. The Kier molecular flexibility index (Phi) is 5.84. The van der Waals surface area contributed by atoms with Crippen molar-refractivity contribution in [1.82, 2.24) is 10.2 Å². The molecule has 1 saturated heterocycles. The molecule has 0 aromatic heterocycles. The molecular weight excluding hydrogens is 278 g/mol. The largest absolute Gasteiger partial charge is 0.348 e. The molecule has 126 valence electrons.